The zero-order valence-electron chi connectivity index (χ0n) is 9.66. The molecule has 0 amide bonds. The Morgan fingerprint density at radius 2 is 2.33 bits per heavy atom. The van der Waals surface area contributed by atoms with Crippen LogP contribution >= 0.6 is 11.8 Å². The molecule has 0 saturated heterocycles. The topological polar surface area (TPSA) is 25.2 Å². The van der Waals surface area contributed by atoms with Gasteiger partial charge in [-0.3, -0.25) is 0 Å². The summed E-state index contributed by atoms with van der Waals surface area (Å²) in [7, 11) is 2.02. The lowest BCUT2D eigenvalue weighted by atomic mass is 10.1. The molecule has 0 fully saturated rings. The lowest BCUT2D eigenvalue weighted by molar-refractivity contribution is 0.529. The van der Waals surface area contributed by atoms with Crippen LogP contribution in [0.5, 0.6) is 0 Å². The maximum absolute atomic E-state index is 5.26. The van der Waals surface area contributed by atoms with Crippen molar-refractivity contribution < 1.29 is 4.42 Å². The van der Waals surface area contributed by atoms with Crippen molar-refractivity contribution in [2.24, 2.45) is 0 Å². The van der Waals surface area contributed by atoms with Crippen molar-refractivity contribution in [3.63, 3.8) is 0 Å². The molecule has 0 radical (unpaired) electrons. The summed E-state index contributed by atoms with van der Waals surface area (Å²) in [6, 6.07) is 4.64. The fraction of sp³-hybridized carbons (Fsp3) is 0.667. The average Bonchev–Trinajstić information content (AvgIpc) is 2.75. The monoisotopic (exact) mass is 227 g/mol. The Kier molecular flexibility index (Phi) is 6.60. The molecule has 0 aromatic carbocycles. The van der Waals surface area contributed by atoms with Crippen LogP contribution in [0, 0.1) is 0 Å². The third-order valence-corrected chi connectivity index (χ3v) is 3.56. The summed E-state index contributed by atoms with van der Waals surface area (Å²) in [5, 5.41) is 3.26. The molecule has 0 aliphatic heterocycles. The summed E-state index contributed by atoms with van der Waals surface area (Å²) < 4.78 is 5.26. The Labute approximate surface area is 96.8 Å². The summed E-state index contributed by atoms with van der Waals surface area (Å²) in [6.45, 7) is 2.23. The smallest absolute Gasteiger partial charge is 0.113 e. The fourth-order valence-electron chi connectivity index (χ4n) is 1.37. The second kappa shape index (κ2) is 7.83. The molecular formula is C12H21NOS. The minimum absolute atomic E-state index is 0.653. The highest BCUT2D eigenvalue weighted by molar-refractivity contribution is 7.98. The van der Waals surface area contributed by atoms with Gasteiger partial charge in [-0.25, -0.2) is 0 Å². The van der Waals surface area contributed by atoms with Crippen molar-refractivity contribution in [1.29, 1.82) is 0 Å². The first-order valence-corrected chi connectivity index (χ1v) is 6.76. The minimum atomic E-state index is 0.653. The summed E-state index contributed by atoms with van der Waals surface area (Å²) >= 11 is 1.96. The van der Waals surface area contributed by atoms with Crippen LogP contribution in [-0.4, -0.2) is 18.8 Å². The van der Waals surface area contributed by atoms with Gasteiger partial charge in [-0.05, 0) is 44.7 Å². The SMILES string of the molecule is CNC(C)CCCCSCc1ccco1. The van der Waals surface area contributed by atoms with Gasteiger partial charge in [0.15, 0.2) is 0 Å². The molecule has 0 aliphatic carbocycles. The van der Waals surface area contributed by atoms with Crippen LogP contribution in [0.15, 0.2) is 22.8 Å². The predicted molar refractivity (Wildman–Crippen MR) is 67.2 cm³/mol. The second-order valence-corrected chi connectivity index (χ2v) is 4.92. The van der Waals surface area contributed by atoms with Gasteiger partial charge in [-0.15, -0.1) is 0 Å². The standard InChI is InChI=1S/C12H21NOS/c1-11(13-2)6-3-4-9-15-10-12-7-5-8-14-12/h5,7-8,11,13H,3-4,6,9-10H2,1-2H3. The molecule has 1 heterocycles. The summed E-state index contributed by atoms with van der Waals surface area (Å²) in [5.74, 6) is 3.33. The molecule has 0 bridgehead atoms. The quantitative estimate of drug-likeness (QED) is 0.690. The van der Waals surface area contributed by atoms with Crippen molar-refractivity contribution in [3.8, 4) is 0 Å². The normalized spacial score (nSPS) is 12.9. The molecule has 86 valence electrons. The zero-order valence-corrected chi connectivity index (χ0v) is 10.5. The maximum Gasteiger partial charge on any atom is 0.113 e. The molecule has 0 aliphatic rings. The molecule has 3 heteroatoms. The van der Waals surface area contributed by atoms with Gasteiger partial charge in [0.25, 0.3) is 0 Å². The highest BCUT2D eigenvalue weighted by Gasteiger charge is 1.98. The van der Waals surface area contributed by atoms with Gasteiger partial charge < -0.3 is 9.73 Å². The fourth-order valence-corrected chi connectivity index (χ4v) is 2.28. The van der Waals surface area contributed by atoms with Gasteiger partial charge in [-0.1, -0.05) is 6.42 Å². The lowest BCUT2D eigenvalue weighted by Crippen LogP contribution is -2.20. The van der Waals surface area contributed by atoms with E-state index in [0.717, 1.165) is 11.5 Å². The van der Waals surface area contributed by atoms with E-state index in [1.165, 1.54) is 25.0 Å². The number of rotatable bonds is 8. The molecule has 0 saturated carbocycles. The van der Waals surface area contributed by atoms with Gasteiger partial charge in [0, 0.05) is 6.04 Å². The molecule has 1 N–H and O–H groups in total. The minimum Gasteiger partial charge on any atom is -0.468 e. The number of furan rings is 1. The van der Waals surface area contributed by atoms with Gasteiger partial charge in [0.05, 0.1) is 12.0 Å². The Bertz CT molecular complexity index is 236. The molecule has 2 nitrogen and oxygen atoms in total. The molecule has 15 heavy (non-hydrogen) atoms. The van der Waals surface area contributed by atoms with E-state index in [2.05, 4.69) is 12.2 Å². The van der Waals surface area contributed by atoms with Crippen molar-refractivity contribution >= 4 is 11.8 Å². The van der Waals surface area contributed by atoms with Gasteiger partial charge >= 0.3 is 0 Å². The van der Waals surface area contributed by atoms with Gasteiger partial charge in [0.1, 0.15) is 5.76 Å². The number of unbranched alkanes of at least 4 members (excludes halogenated alkanes) is 1. The van der Waals surface area contributed by atoms with E-state index in [1.54, 1.807) is 6.26 Å². The Balaban J connectivity index is 1.89. The largest absolute Gasteiger partial charge is 0.468 e. The third kappa shape index (κ3) is 5.90. The van der Waals surface area contributed by atoms with E-state index >= 15 is 0 Å². The van der Waals surface area contributed by atoms with E-state index < -0.39 is 0 Å². The summed E-state index contributed by atoms with van der Waals surface area (Å²) in [5.41, 5.74) is 0. The highest BCUT2D eigenvalue weighted by Crippen LogP contribution is 2.14. The van der Waals surface area contributed by atoms with Crippen LogP contribution in [0.2, 0.25) is 0 Å². The molecular weight excluding hydrogens is 206 g/mol. The number of hydrogen-bond acceptors (Lipinski definition) is 3. The number of hydrogen-bond donors (Lipinski definition) is 1. The second-order valence-electron chi connectivity index (χ2n) is 3.82. The van der Waals surface area contributed by atoms with Crippen molar-refractivity contribution in [2.45, 2.75) is 38.0 Å². The highest BCUT2D eigenvalue weighted by atomic mass is 32.2. The average molecular weight is 227 g/mol. The van der Waals surface area contributed by atoms with E-state index in [-0.39, 0.29) is 0 Å². The molecule has 1 aromatic heterocycles. The maximum atomic E-state index is 5.26. The molecule has 1 aromatic rings. The van der Waals surface area contributed by atoms with Crippen molar-refractivity contribution in [2.75, 3.05) is 12.8 Å². The summed E-state index contributed by atoms with van der Waals surface area (Å²) in [6.07, 6.45) is 5.63. The Hall–Kier alpha value is -0.410. The van der Waals surface area contributed by atoms with Crippen LogP contribution in [0.25, 0.3) is 0 Å². The van der Waals surface area contributed by atoms with Gasteiger partial charge in [0.2, 0.25) is 0 Å². The number of nitrogens with one attached hydrogen (secondary N) is 1. The first-order valence-electron chi connectivity index (χ1n) is 5.60. The van der Waals surface area contributed by atoms with Crippen LogP contribution in [0.4, 0.5) is 0 Å². The van der Waals surface area contributed by atoms with E-state index in [0.29, 0.717) is 6.04 Å². The van der Waals surface area contributed by atoms with Crippen molar-refractivity contribution in [3.05, 3.63) is 24.2 Å². The van der Waals surface area contributed by atoms with Gasteiger partial charge in [-0.2, -0.15) is 11.8 Å². The first kappa shape index (κ1) is 12.7. The molecule has 1 atom stereocenters. The lowest BCUT2D eigenvalue weighted by Gasteiger charge is -2.08. The van der Waals surface area contributed by atoms with Crippen LogP contribution in [0.3, 0.4) is 0 Å². The van der Waals surface area contributed by atoms with Crippen molar-refractivity contribution in [1.82, 2.24) is 5.32 Å². The molecule has 1 rings (SSSR count). The Morgan fingerprint density at radius 1 is 1.47 bits per heavy atom. The van der Waals surface area contributed by atoms with Crippen LogP contribution in [-0.2, 0) is 5.75 Å². The summed E-state index contributed by atoms with van der Waals surface area (Å²) in [4.78, 5) is 0. The third-order valence-electron chi connectivity index (χ3n) is 2.49. The molecule has 1 unspecified atom stereocenters. The zero-order chi connectivity index (χ0) is 10.9. The number of thioether (sulfide) groups is 1. The Morgan fingerprint density at radius 3 is 3.00 bits per heavy atom. The van der Waals surface area contributed by atoms with E-state index in [1.807, 2.05) is 30.9 Å². The van der Waals surface area contributed by atoms with Crippen LogP contribution in [0.1, 0.15) is 31.9 Å². The first-order chi connectivity index (χ1) is 7.33. The van der Waals surface area contributed by atoms with Crippen LogP contribution < -0.4 is 5.32 Å². The molecule has 0 spiro atoms. The predicted octanol–water partition coefficient (Wildman–Crippen LogP) is 3.29. The van der Waals surface area contributed by atoms with E-state index in [9.17, 15) is 0 Å². The van der Waals surface area contributed by atoms with E-state index in [4.69, 9.17) is 4.42 Å².